The molecule has 20 heavy (non-hydrogen) atoms. The van der Waals surface area contributed by atoms with Gasteiger partial charge in [0.05, 0.1) is 23.6 Å². The first-order valence-corrected chi connectivity index (χ1v) is 6.43. The molecule has 0 saturated carbocycles. The Labute approximate surface area is 115 Å². The second-order valence-corrected chi connectivity index (χ2v) is 4.82. The predicted molar refractivity (Wildman–Crippen MR) is 81.4 cm³/mol. The average molecular weight is 260 g/mol. The van der Waals surface area contributed by atoms with Crippen molar-refractivity contribution in [3.63, 3.8) is 0 Å². The molecule has 3 nitrogen and oxygen atoms in total. The minimum atomic E-state index is 0.760. The Bertz CT molecular complexity index is 911. The van der Waals surface area contributed by atoms with Crippen molar-refractivity contribution < 1.29 is 4.42 Å². The lowest BCUT2D eigenvalue weighted by atomic mass is 10.0. The zero-order chi connectivity index (χ0) is 13.5. The van der Waals surface area contributed by atoms with Crippen LogP contribution in [-0.2, 0) is 0 Å². The molecule has 0 atom stereocenters. The standard InChI is InChI=1S/C17H12N2O/c18-15-2-1-3-16-14(15)8-12-5-4-11(9-17(12)19-16)13-6-7-20-10-13/h1-10H,18H2. The van der Waals surface area contributed by atoms with Gasteiger partial charge < -0.3 is 10.2 Å². The molecule has 2 aromatic carbocycles. The number of pyridine rings is 1. The van der Waals surface area contributed by atoms with Crippen molar-refractivity contribution >= 4 is 27.5 Å². The Morgan fingerprint density at radius 2 is 1.85 bits per heavy atom. The molecule has 3 heteroatoms. The number of fused-ring (bicyclic) bond motifs is 2. The third kappa shape index (κ3) is 1.64. The maximum absolute atomic E-state index is 6.00. The van der Waals surface area contributed by atoms with E-state index < -0.39 is 0 Å². The van der Waals surface area contributed by atoms with Crippen molar-refractivity contribution in [2.24, 2.45) is 0 Å². The third-order valence-corrected chi connectivity index (χ3v) is 3.54. The molecule has 0 saturated heterocycles. The van der Waals surface area contributed by atoms with Gasteiger partial charge in [-0.1, -0.05) is 18.2 Å². The summed E-state index contributed by atoms with van der Waals surface area (Å²) < 4.78 is 5.13. The molecule has 0 aliphatic carbocycles. The summed E-state index contributed by atoms with van der Waals surface area (Å²) in [5.41, 5.74) is 10.8. The van der Waals surface area contributed by atoms with Gasteiger partial charge >= 0.3 is 0 Å². The molecule has 0 radical (unpaired) electrons. The smallest absolute Gasteiger partial charge is 0.0980 e. The van der Waals surface area contributed by atoms with E-state index >= 15 is 0 Å². The Morgan fingerprint density at radius 1 is 0.900 bits per heavy atom. The van der Waals surface area contributed by atoms with E-state index in [4.69, 9.17) is 15.1 Å². The normalized spacial score (nSPS) is 11.2. The maximum atomic E-state index is 6.00. The molecule has 2 heterocycles. The molecule has 0 fully saturated rings. The van der Waals surface area contributed by atoms with Gasteiger partial charge in [-0.15, -0.1) is 0 Å². The van der Waals surface area contributed by atoms with E-state index in [0.29, 0.717) is 0 Å². The second-order valence-electron chi connectivity index (χ2n) is 4.82. The predicted octanol–water partition coefficient (Wildman–Crippen LogP) is 4.23. The summed E-state index contributed by atoms with van der Waals surface area (Å²) in [6, 6.07) is 16.0. The summed E-state index contributed by atoms with van der Waals surface area (Å²) in [5.74, 6) is 0. The van der Waals surface area contributed by atoms with Gasteiger partial charge in [-0.3, -0.25) is 0 Å². The van der Waals surface area contributed by atoms with Gasteiger partial charge in [0, 0.05) is 22.0 Å². The number of hydrogen-bond acceptors (Lipinski definition) is 3. The number of benzene rings is 2. The molecule has 2 N–H and O–H groups in total. The van der Waals surface area contributed by atoms with Gasteiger partial charge in [0.15, 0.2) is 0 Å². The monoisotopic (exact) mass is 260 g/mol. The summed E-state index contributed by atoms with van der Waals surface area (Å²) in [6.45, 7) is 0. The summed E-state index contributed by atoms with van der Waals surface area (Å²) in [5, 5.41) is 2.08. The van der Waals surface area contributed by atoms with Crippen molar-refractivity contribution in [1.29, 1.82) is 0 Å². The van der Waals surface area contributed by atoms with Crippen LogP contribution >= 0.6 is 0 Å². The van der Waals surface area contributed by atoms with E-state index in [1.807, 2.05) is 24.3 Å². The van der Waals surface area contributed by atoms with Gasteiger partial charge in [0.1, 0.15) is 0 Å². The van der Waals surface area contributed by atoms with Crippen LogP contribution in [0.3, 0.4) is 0 Å². The summed E-state index contributed by atoms with van der Waals surface area (Å²) in [6.07, 6.45) is 3.41. The van der Waals surface area contributed by atoms with Crippen LogP contribution in [-0.4, -0.2) is 4.98 Å². The number of hydrogen-bond donors (Lipinski definition) is 1. The largest absolute Gasteiger partial charge is 0.472 e. The third-order valence-electron chi connectivity index (χ3n) is 3.54. The Balaban J connectivity index is 2.01. The van der Waals surface area contributed by atoms with Gasteiger partial charge in [-0.05, 0) is 35.9 Å². The number of anilines is 1. The SMILES string of the molecule is Nc1cccc2nc3cc(-c4ccoc4)ccc3cc12. The van der Waals surface area contributed by atoms with Crippen LogP contribution < -0.4 is 5.73 Å². The fourth-order valence-corrected chi connectivity index (χ4v) is 2.48. The molecule has 0 aliphatic heterocycles. The molecule has 0 aliphatic rings. The molecule has 0 unspecified atom stereocenters. The van der Waals surface area contributed by atoms with Gasteiger partial charge in [0.2, 0.25) is 0 Å². The lowest BCUT2D eigenvalue weighted by Gasteiger charge is -2.05. The van der Waals surface area contributed by atoms with Gasteiger partial charge in [-0.25, -0.2) is 4.98 Å². The number of nitrogen functional groups attached to an aromatic ring is 1. The molecule has 0 spiro atoms. The molecular weight excluding hydrogens is 248 g/mol. The number of rotatable bonds is 1. The fourth-order valence-electron chi connectivity index (χ4n) is 2.48. The van der Waals surface area contributed by atoms with Crippen molar-refractivity contribution in [3.8, 4) is 11.1 Å². The second kappa shape index (κ2) is 4.10. The van der Waals surface area contributed by atoms with Crippen LogP contribution in [0.2, 0.25) is 0 Å². The van der Waals surface area contributed by atoms with E-state index in [2.05, 4.69) is 24.3 Å². The van der Waals surface area contributed by atoms with Crippen LogP contribution in [0.5, 0.6) is 0 Å². The number of nitrogens with zero attached hydrogens (tertiary/aromatic N) is 1. The lowest BCUT2D eigenvalue weighted by molar-refractivity contribution is 0.568. The number of nitrogens with two attached hydrogens (primary N) is 1. The molecule has 4 rings (SSSR count). The first-order valence-electron chi connectivity index (χ1n) is 6.43. The van der Waals surface area contributed by atoms with E-state index in [1.165, 1.54) is 0 Å². The van der Waals surface area contributed by atoms with Crippen LogP contribution in [0.1, 0.15) is 0 Å². The summed E-state index contributed by atoms with van der Waals surface area (Å²) in [4.78, 5) is 4.70. The van der Waals surface area contributed by atoms with Crippen molar-refractivity contribution in [3.05, 3.63) is 61.1 Å². The van der Waals surface area contributed by atoms with Gasteiger partial charge in [-0.2, -0.15) is 0 Å². The van der Waals surface area contributed by atoms with Crippen molar-refractivity contribution in [1.82, 2.24) is 4.98 Å². The number of furan rings is 1. The highest BCUT2D eigenvalue weighted by atomic mass is 16.3. The Kier molecular flexibility index (Phi) is 2.27. The van der Waals surface area contributed by atoms with Gasteiger partial charge in [0.25, 0.3) is 0 Å². The Morgan fingerprint density at radius 3 is 2.70 bits per heavy atom. The van der Waals surface area contributed by atoms with Crippen LogP contribution in [0, 0.1) is 0 Å². The average Bonchev–Trinajstić information content (AvgIpc) is 2.99. The van der Waals surface area contributed by atoms with Crippen LogP contribution in [0.25, 0.3) is 32.9 Å². The quantitative estimate of drug-likeness (QED) is 0.411. The highest BCUT2D eigenvalue weighted by molar-refractivity contribution is 5.99. The number of aromatic nitrogens is 1. The molecule has 2 aromatic heterocycles. The highest BCUT2D eigenvalue weighted by Gasteiger charge is 2.05. The topological polar surface area (TPSA) is 52.0 Å². The maximum Gasteiger partial charge on any atom is 0.0980 e. The minimum Gasteiger partial charge on any atom is -0.472 e. The van der Waals surface area contributed by atoms with E-state index in [0.717, 1.165) is 38.6 Å². The van der Waals surface area contributed by atoms with Crippen molar-refractivity contribution in [2.45, 2.75) is 0 Å². The lowest BCUT2D eigenvalue weighted by Crippen LogP contribution is -1.89. The zero-order valence-electron chi connectivity index (χ0n) is 10.7. The fraction of sp³-hybridized carbons (Fsp3) is 0. The van der Waals surface area contributed by atoms with E-state index in [-0.39, 0.29) is 0 Å². The molecular formula is C17H12N2O. The highest BCUT2D eigenvalue weighted by Crippen LogP contribution is 2.28. The molecule has 4 aromatic rings. The van der Waals surface area contributed by atoms with E-state index in [9.17, 15) is 0 Å². The van der Waals surface area contributed by atoms with Crippen LogP contribution in [0.4, 0.5) is 5.69 Å². The zero-order valence-corrected chi connectivity index (χ0v) is 10.7. The minimum absolute atomic E-state index is 0.760. The van der Waals surface area contributed by atoms with Crippen LogP contribution in [0.15, 0.2) is 65.5 Å². The van der Waals surface area contributed by atoms with Crippen molar-refractivity contribution in [2.75, 3.05) is 5.73 Å². The first kappa shape index (κ1) is 11.1. The molecule has 0 amide bonds. The van der Waals surface area contributed by atoms with E-state index in [1.54, 1.807) is 12.5 Å². The first-order chi connectivity index (χ1) is 9.81. The molecule has 96 valence electrons. The molecule has 0 bridgehead atoms. The summed E-state index contributed by atoms with van der Waals surface area (Å²) >= 11 is 0. The summed E-state index contributed by atoms with van der Waals surface area (Å²) in [7, 11) is 0. The Hall–Kier alpha value is -2.81.